The van der Waals surface area contributed by atoms with Crippen molar-refractivity contribution >= 4 is 0 Å². The summed E-state index contributed by atoms with van der Waals surface area (Å²) in [5, 5.41) is 25.2. The summed E-state index contributed by atoms with van der Waals surface area (Å²) in [6.45, 7) is 3.62. The predicted octanol–water partition coefficient (Wildman–Crippen LogP) is 5.38. The second-order valence-corrected chi connectivity index (χ2v) is 9.47. The maximum absolute atomic E-state index is 12.6. The van der Waals surface area contributed by atoms with E-state index in [2.05, 4.69) is 0 Å². The van der Waals surface area contributed by atoms with Gasteiger partial charge < -0.3 is 19.7 Å². The van der Waals surface area contributed by atoms with Gasteiger partial charge in [0.25, 0.3) is 0 Å². The fraction of sp³-hybridized carbons (Fsp3) is 0.226. The van der Waals surface area contributed by atoms with Gasteiger partial charge in [-0.05, 0) is 36.1 Å². The molecule has 0 radical (unpaired) electrons. The van der Waals surface area contributed by atoms with Gasteiger partial charge in [0, 0.05) is 0 Å². The standard InChI is InChI=1S/C31H30O4/c1-29(2)34-27(30(32,23-15-7-3-8-16-23)24-17-9-4-10-18-24)28(35-29)31(33,25-19-11-5-12-20-25)26-21-13-6-14-22-26/h3-22,27-28,32-33H,1-2H3/t27-,28-/m0/s1. The van der Waals surface area contributed by atoms with E-state index in [4.69, 9.17) is 9.47 Å². The Hall–Kier alpha value is -3.28. The van der Waals surface area contributed by atoms with E-state index < -0.39 is 29.2 Å². The van der Waals surface area contributed by atoms with E-state index in [-0.39, 0.29) is 0 Å². The average Bonchev–Trinajstić information content (AvgIpc) is 3.26. The van der Waals surface area contributed by atoms with Crippen LogP contribution in [0.2, 0.25) is 0 Å². The number of aliphatic hydroxyl groups is 2. The van der Waals surface area contributed by atoms with Crippen molar-refractivity contribution in [2.24, 2.45) is 0 Å². The van der Waals surface area contributed by atoms with Crippen LogP contribution in [0.5, 0.6) is 0 Å². The van der Waals surface area contributed by atoms with Gasteiger partial charge >= 0.3 is 0 Å². The second-order valence-electron chi connectivity index (χ2n) is 9.47. The van der Waals surface area contributed by atoms with Crippen LogP contribution < -0.4 is 0 Å². The van der Waals surface area contributed by atoms with Crippen LogP contribution in [0.4, 0.5) is 0 Å². The molecule has 5 rings (SSSR count). The van der Waals surface area contributed by atoms with E-state index in [0.717, 1.165) is 0 Å². The van der Waals surface area contributed by atoms with Crippen molar-refractivity contribution in [1.29, 1.82) is 0 Å². The molecular formula is C31H30O4. The molecule has 2 atom stereocenters. The molecule has 0 spiro atoms. The van der Waals surface area contributed by atoms with E-state index >= 15 is 0 Å². The molecule has 0 bridgehead atoms. The number of ether oxygens (including phenoxy) is 2. The molecule has 0 saturated carbocycles. The Morgan fingerprint density at radius 3 is 0.943 bits per heavy atom. The van der Waals surface area contributed by atoms with Crippen molar-refractivity contribution in [3.05, 3.63) is 144 Å². The van der Waals surface area contributed by atoms with Crippen LogP contribution in [-0.2, 0) is 20.7 Å². The summed E-state index contributed by atoms with van der Waals surface area (Å²) in [5.41, 5.74) is -0.564. The summed E-state index contributed by atoms with van der Waals surface area (Å²) in [6.07, 6.45) is -1.87. The summed E-state index contributed by atoms with van der Waals surface area (Å²) >= 11 is 0. The Labute approximate surface area is 206 Å². The molecule has 1 fully saturated rings. The first-order valence-electron chi connectivity index (χ1n) is 11.9. The molecule has 0 unspecified atom stereocenters. The van der Waals surface area contributed by atoms with Crippen LogP contribution in [-0.4, -0.2) is 28.2 Å². The molecule has 35 heavy (non-hydrogen) atoms. The second kappa shape index (κ2) is 9.06. The lowest BCUT2D eigenvalue weighted by molar-refractivity contribution is -0.172. The first kappa shape index (κ1) is 23.5. The Balaban J connectivity index is 1.76. The topological polar surface area (TPSA) is 58.9 Å². The third kappa shape index (κ3) is 4.09. The van der Waals surface area contributed by atoms with E-state index in [1.54, 1.807) is 0 Å². The maximum Gasteiger partial charge on any atom is 0.164 e. The summed E-state index contributed by atoms with van der Waals surface area (Å²) in [4.78, 5) is 0. The van der Waals surface area contributed by atoms with Crippen LogP contribution in [0.25, 0.3) is 0 Å². The number of rotatable bonds is 6. The molecule has 4 heteroatoms. The van der Waals surface area contributed by atoms with Crippen LogP contribution in [0.3, 0.4) is 0 Å². The normalized spacial score (nSPS) is 20.0. The van der Waals surface area contributed by atoms with Gasteiger partial charge in [0.15, 0.2) is 5.79 Å². The van der Waals surface area contributed by atoms with Gasteiger partial charge in [-0.2, -0.15) is 0 Å². The van der Waals surface area contributed by atoms with E-state index in [1.165, 1.54) is 0 Å². The third-order valence-corrected chi connectivity index (χ3v) is 6.78. The Bertz CT molecular complexity index is 1060. The fourth-order valence-electron chi connectivity index (χ4n) is 5.13. The smallest absolute Gasteiger partial charge is 0.164 e. The summed E-state index contributed by atoms with van der Waals surface area (Å²) in [6, 6.07) is 37.8. The van der Waals surface area contributed by atoms with Gasteiger partial charge in [0.2, 0.25) is 0 Å². The Morgan fingerprint density at radius 2 is 0.714 bits per heavy atom. The highest BCUT2D eigenvalue weighted by Gasteiger charge is 2.61. The molecular weight excluding hydrogens is 436 g/mol. The van der Waals surface area contributed by atoms with Gasteiger partial charge in [0.1, 0.15) is 23.4 Å². The van der Waals surface area contributed by atoms with Gasteiger partial charge in [0.05, 0.1) is 0 Å². The maximum atomic E-state index is 12.6. The molecule has 1 saturated heterocycles. The minimum atomic E-state index is -1.60. The largest absolute Gasteiger partial charge is 0.378 e. The highest BCUT2D eigenvalue weighted by molar-refractivity contribution is 5.43. The lowest BCUT2D eigenvalue weighted by atomic mass is 9.72. The molecule has 1 aliphatic rings. The average molecular weight is 467 g/mol. The minimum Gasteiger partial charge on any atom is -0.378 e. The van der Waals surface area contributed by atoms with Crippen molar-refractivity contribution in [1.82, 2.24) is 0 Å². The van der Waals surface area contributed by atoms with Crippen LogP contribution in [0.15, 0.2) is 121 Å². The molecule has 0 aromatic heterocycles. The summed E-state index contributed by atoms with van der Waals surface area (Å²) < 4.78 is 13.0. The highest BCUT2D eigenvalue weighted by atomic mass is 16.8. The number of benzene rings is 4. The van der Waals surface area contributed by atoms with Crippen LogP contribution in [0.1, 0.15) is 36.1 Å². The minimum absolute atomic E-state index is 0.658. The van der Waals surface area contributed by atoms with Crippen molar-refractivity contribution in [3.63, 3.8) is 0 Å². The SMILES string of the molecule is CC1(C)O[C@H](C(O)(c2ccccc2)c2ccccc2)[C@@H](C(O)(c2ccccc2)c2ccccc2)O1. The van der Waals surface area contributed by atoms with Gasteiger partial charge in [-0.3, -0.25) is 0 Å². The molecule has 1 heterocycles. The first-order valence-corrected chi connectivity index (χ1v) is 11.9. The van der Waals surface area contributed by atoms with Crippen molar-refractivity contribution < 1.29 is 19.7 Å². The van der Waals surface area contributed by atoms with Gasteiger partial charge in [-0.15, -0.1) is 0 Å². The monoisotopic (exact) mass is 466 g/mol. The van der Waals surface area contributed by atoms with Crippen molar-refractivity contribution in [2.75, 3.05) is 0 Å². The molecule has 4 aromatic rings. The van der Waals surface area contributed by atoms with Crippen LogP contribution in [0, 0.1) is 0 Å². The van der Waals surface area contributed by atoms with Crippen molar-refractivity contribution in [3.8, 4) is 0 Å². The predicted molar refractivity (Wildman–Crippen MR) is 136 cm³/mol. The van der Waals surface area contributed by atoms with Gasteiger partial charge in [-0.1, -0.05) is 121 Å². The number of hydrogen-bond acceptors (Lipinski definition) is 4. The molecule has 0 amide bonds. The zero-order valence-corrected chi connectivity index (χ0v) is 19.9. The molecule has 178 valence electrons. The van der Waals surface area contributed by atoms with Crippen LogP contribution >= 0.6 is 0 Å². The summed E-state index contributed by atoms with van der Waals surface area (Å²) in [7, 11) is 0. The van der Waals surface area contributed by atoms with E-state index in [1.807, 2.05) is 135 Å². The molecule has 2 N–H and O–H groups in total. The van der Waals surface area contributed by atoms with E-state index in [9.17, 15) is 10.2 Å². The molecule has 0 aliphatic carbocycles. The molecule has 4 nitrogen and oxygen atoms in total. The zero-order chi connectivity index (χ0) is 24.5. The third-order valence-electron chi connectivity index (χ3n) is 6.78. The van der Waals surface area contributed by atoms with Gasteiger partial charge in [-0.25, -0.2) is 0 Å². The fourth-order valence-corrected chi connectivity index (χ4v) is 5.13. The molecule has 4 aromatic carbocycles. The Morgan fingerprint density at radius 1 is 0.486 bits per heavy atom. The lowest BCUT2D eigenvalue weighted by Gasteiger charge is -2.42. The first-order chi connectivity index (χ1) is 16.9. The lowest BCUT2D eigenvalue weighted by Crippen LogP contribution is -2.54. The van der Waals surface area contributed by atoms with E-state index in [0.29, 0.717) is 22.3 Å². The number of hydrogen-bond donors (Lipinski definition) is 2. The Kier molecular flexibility index (Phi) is 6.07. The quantitative estimate of drug-likeness (QED) is 0.401. The molecule has 1 aliphatic heterocycles. The van der Waals surface area contributed by atoms with Crippen molar-refractivity contribution in [2.45, 2.75) is 43.0 Å². The summed E-state index contributed by atoms with van der Waals surface area (Å²) in [5.74, 6) is -1.05. The zero-order valence-electron chi connectivity index (χ0n) is 19.9. The highest BCUT2D eigenvalue weighted by Crippen LogP contribution is 2.50.